The van der Waals surface area contributed by atoms with Gasteiger partial charge in [0.05, 0.1) is 22.0 Å². The van der Waals surface area contributed by atoms with Crippen LogP contribution in [0.2, 0.25) is 5.02 Å². The van der Waals surface area contributed by atoms with Crippen LogP contribution in [0.15, 0.2) is 89.1 Å². The maximum absolute atomic E-state index is 12.6. The molecule has 0 bridgehead atoms. The Morgan fingerprint density at radius 2 is 1.46 bits per heavy atom. The zero-order valence-corrected chi connectivity index (χ0v) is 20.0. The van der Waals surface area contributed by atoms with Crippen LogP contribution in [0.3, 0.4) is 0 Å². The summed E-state index contributed by atoms with van der Waals surface area (Å²) in [5.41, 5.74) is 2.11. The summed E-state index contributed by atoms with van der Waals surface area (Å²) in [6.07, 6.45) is 0. The highest BCUT2D eigenvalue weighted by molar-refractivity contribution is 6.33. The Balaban J connectivity index is 1.51. The normalized spacial score (nSPS) is 11.8. The second-order valence-electron chi connectivity index (χ2n) is 7.91. The van der Waals surface area contributed by atoms with Gasteiger partial charge in [-0.3, -0.25) is 9.59 Å². The number of nitrogens with zero attached hydrogens (tertiary/aromatic N) is 2. The number of esters is 1. The molecule has 2 amide bonds. The number of anilines is 1. The van der Waals surface area contributed by atoms with Crippen LogP contribution in [0, 0.1) is 5.92 Å². The van der Waals surface area contributed by atoms with Crippen LogP contribution in [0.25, 0.3) is 0 Å². The third-order valence-electron chi connectivity index (χ3n) is 4.86. The van der Waals surface area contributed by atoms with E-state index in [1.807, 2.05) is 30.3 Å². The van der Waals surface area contributed by atoms with Crippen molar-refractivity contribution in [3.63, 3.8) is 0 Å². The number of rotatable bonds is 9. The first kappa shape index (κ1) is 25.6. The molecule has 0 radical (unpaired) electrons. The van der Waals surface area contributed by atoms with E-state index in [0.717, 1.165) is 5.69 Å². The van der Waals surface area contributed by atoms with Crippen LogP contribution < -0.4 is 10.6 Å². The molecule has 0 unspecified atom stereocenters. The number of nitrogens with one attached hydrogen (secondary N) is 2. The Morgan fingerprint density at radius 1 is 0.857 bits per heavy atom. The van der Waals surface area contributed by atoms with Gasteiger partial charge in [0.2, 0.25) is 0 Å². The van der Waals surface area contributed by atoms with Crippen molar-refractivity contribution in [1.82, 2.24) is 5.32 Å². The number of hydrogen-bond acceptors (Lipinski definition) is 6. The van der Waals surface area contributed by atoms with Gasteiger partial charge < -0.3 is 15.4 Å². The van der Waals surface area contributed by atoms with E-state index in [1.54, 1.807) is 62.4 Å². The average Bonchev–Trinajstić information content (AvgIpc) is 2.86. The average molecular weight is 493 g/mol. The molecule has 3 aromatic carbocycles. The summed E-state index contributed by atoms with van der Waals surface area (Å²) < 4.78 is 5.15. The predicted octanol–water partition coefficient (Wildman–Crippen LogP) is 5.69. The molecule has 0 aliphatic carbocycles. The second kappa shape index (κ2) is 12.4. The lowest BCUT2D eigenvalue weighted by atomic mass is 10.0. The van der Waals surface area contributed by atoms with Crippen molar-refractivity contribution in [2.45, 2.75) is 19.9 Å². The molecule has 0 saturated heterocycles. The number of ether oxygens (including phenoxy) is 1. The molecule has 3 rings (SSSR count). The number of halogens is 1. The zero-order chi connectivity index (χ0) is 25.2. The van der Waals surface area contributed by atoms with E-state index in [4.69, 9.17) is 16.3 Å². The summed E-state index contributed by atoms with van der Waals surface area (Å²) in [7, 11) is 0. The van der Waals surface area contributed by atoms with Crippen molar-refractivity contribution in [2.24, 2.45) is 16.1 Å². The summed E-state index contributed by atoms with van der Waals surface area (Å²) in [6.45, 7) is 3.02. The summed E-state index contributed by atoms with van der Waals surface area (Å²) >= 11 is 6.06. The highest BCUT2D eigenvalue weighted by Crippen LogP contribution is 2.20. The number of carbonyl (C=O) groups excluding carboxylic acids is 3. The van der Waals surface area contributed by atoms with Crippen molar-refractivity contribution in [1.29, 1.82) is 0 Å². The van der Waals surface area contributed by atoms with Gasteiger partial charge in [0.25, 0.3) is 11.8 Å². The van der Waals surface area contributed by atoms with Crippen LogP contribution in [0.1, 0.15) is 24.2 Å². The smallest absolute Gasteiger partial charge is 0.329 e. The van der Waals surface area contributed by atoms with Gasteiger partial charge in [0.15, 0.2) is 6.61 Å². The van der Waals surface area contributed by atoms with Crippen LogP contribution in [-0.4, -0.2) is 30.4 Å². The van der Waals surface area contributed by atoms with Crippen LogP contribution in [0.5, 0.6) is 0 Å². The number of amides is 2. The first-order valence-electron chi connectivity index (χ1n) is 10.9. The molecule has 0 aliphatic heterocycles. The molecule has 8 nitrogen and oxygen atoms in total. The monoisotopic (exact) mass is 492 g/mol. The molecule has 9 heteroatoms. The fraction of sp³-hybridized carbons (Fsp3) is 0.192. The molecule has 180 valence electrons. The van der Waals surface area contributed by atoms with Gasteiger partial charge in [-0.15, -0.1) is 0 Å². The van der Waals surface area contributed by atoms with E-state index < -0.39 is 30.4 Å². The van der Waals surface area contributed by atoms with E-state index in [0.29, 0.717) is 11.4 Å². The van der Waals surface area contributed by atoms with Gasteiger partial charge in [0.1, 0.15) is 6.04 Å². The van der Waals surface area contributed by atoms with Crippen LogP contribution in [-0.2, 0) is 14.3 Å². The van der Waals surface area contributed by atoms with Crippen molar-refractivity contribution in [3.8, 4) is 0 Å². The Kier molecular flexibility index (Phi) is 9.09. The Hall–Kier alpha value is -4.04. The minimum atomic E-state index is -0.944. The quantitative estimate of drug-likeness (QED) is 0.295. The molecule has 0 saturated carbocycles. The number of benzene rings is 3. The predicted molar refractivity (Wildman–Crippen MR) is 134 cm³/mol. The SMILES string of the molecule is CC(C)[C@H](NC(=O)c1ccccc1Cl)C(=O)OCC(=O)Nc1ccc(N=Nc2ccccc2)cc1. The lowest BCUT2D eigenvalue weighted by Gasteiger charge is -2.21. The lowest BCUT2D eigenvalue weighted by Crippen LogP contribution is -2.46. The first-order chi connectivity index (χ1) is 16.8. The molecule has 0 aliphatic rings. The number of hydrogen-bond donors (Lipinski definition) is 2. The van der Waals surface area contributed by atoms with Gasteiger partial charge in [-0.2, -0.15) is 10.2 Å². The van der Waals surface area contributed by atoms with E-state index in [2.05, 4.69) is 20.9 Å². The van der Waals surface area contributed by atoms with Gasteiger partial charge >= 0.3 is 5.97 Å². The van der Waals surface area contributed by atoms with E-state index in [1.165, 1.54) is 0 Å². The van der Waals surface area contributed by atoms with Crippen molar-refractivity contribution in [2.75, 3.05) is 11.9 Å². The second-order valence-corrected chi connectivity index (χ2v) is 8.32. The third-order valence-corrected chi connectivity index (χ3v) is 5.19. The van der Waals surface area contributed by atoms with E-state index in [-0.39, 0.29) is 16.5 Å². The van der Waals surface area contributed by atoms with Crippen molar-refractivity contribution in [3.05, 3.63) is 89.4 Å². The Bertz CT molecular complexity index is 1200. The first-order valence-corrected chi connectivity index (χ1v) is 11.3. The van der Waals surface area contributed by atoms with Crippen LogP contribution >= 0.6 is 11.6 Å². The standard InChI is InChI=1S/C26H25ClN4O4/c1-17(2)24(29-25(33)21-10-6-7-11-22(21)27)26(34)35-16-23(32)28-18-12-14-20(15-13-18)31-30-19-8-4-3-5-9-19/h3-15,17,24H,16H2,1-2H3,(H,28,32)(H,29,33)/t24-/m0/s1. The molecular weight excluding hydrogens is 468 g/mol. The maximum Gasteiger partial charge on any atom is 0.329 e. The molecule has 3 aromatic rings. The molecule has 0 aromatic heterocycles. The molecule has 0 fully saturated rings. The summed E-state index contributed by atoms with van der Waals surface area (Å²) in [4.78, 5) is 37.3. The minimum Gasteiger partial charge on any atom is -0.454 e. The van der Waals surface area contributed by atoms with Gasteiger partial charge in [-0.05, 0) is 54.4 Å². The third kappa shape index (κ3) is 7.75. The van der Waals surface area contributed by atoms with Crippen molar-refractivity contribution >= 4 is 46.4 Å². The largest absolute Gasteiger partial charge is 0.454 e. The van der Waals surface area contributed by atoms with Crippen LogP contribution in [0.4, 0.5) is 17.1 Å². The van der Waals surface area contributed by atoms with E-state index >= 15 is 0 Å². The van der Waals surface area contributed by atoms with Gasteiger partial charge in [-0.1, -0.05) is 55.8 Å². The van der Waals surface area contributed by atoms with Gasteiger partial charge in [-0.25, -0.2) is 4.79 Å². The molecule has 35 heavy (non-hydrogen) atoms. The topological polar surface area (TPSA) is 109 Å². The highest BCUT2D eigenvalue weighted by atomic mass is 35.5. The van der Waals surface area contributed by atoms with Crippen molar-refractivity contribution < 1.29 is 19.1 Å². The minimum absolute atomic E-state index is 0.247. The van der Waals surface area contributed by atoms with Gasteiger partial charge in [0, 0.05) is 5.69 Å². The zero-order valence-electron chi connectivity index (χ0n) is 19.3. The summed E-state index contributed by atoms with van der Waals surface area (Å²) in [5, 5.41) is 13.8. The Morgan fingerprint density at radius 3 is 2.09 bits per heavy atom. The lowest BCUT2D eigenvalue weighted by molar-refractivity contribution is -0.150. The summed E-state index contributed by atoms with van der Waals surface area (Å²) in [6, 6.07) is 21.6. The fourth-order valence-corrected chi connectivity index (χ4v) is 3.23. The molecule has 1 atom stereocenters. The number of azo groups is 1. The molecule has 0 heterocycles. The molecule has 0 spiro atoms. The highest BCUT2D eigenvalue weighted by Gasteiger charge is 2.27. The maximum atomic E-state index is 12.6. The van der Waals surface area contributed by atoms with E-state index in [9.17, 15) is 14.4 Å². The number of carbonyl (C=O) groups is 3. The Labute approximate surface area is 208 Å². The fourth-order valence-electron chi connectivity index (χ4n) is 3.01. The summed E-state index contributed by atoms with van der Waals surface area (Å²) in [5.74, 6) is -2.00. The molecule has 2 N–H and O–H groups in total. The molecular formula is C26H25ClN4O4.